The number of aromatic amines is 1. The normalized spacial score (nSPS) is 13.0. The van der Waals surface area contributed by atoms with E-state index in [0.717, 1.165) is 6.07 Å². The minimum absolute atomic E-state index is 0.200. The van der Waals surface area contributed by atoms with Gasteiger partial charge in [-0.25, -0.2) is 9.97 Å². The summed E-state index contributed by atoms with van der Waals surface area (Å²) in [6, 6.07) is 5.05. The van der Waals surface area contributed by atoms with Gasteiger partial charge in [0.1, 0.15) is 11.0 Å². The summed E-state index contributed by atoms with van der Waals surface area (Å²) in [6.07, 6.45) is -1.30. The van der Waals surface area contributed by atoms with Gasteiger partial charge in [-0.3, -0.25) is 4.79 Å². The van der Waals surface area contributed by atoms with E-state index in [9.17, 15) is 18.0 Å². The van der Waals surface area contributed by atoms with Gasteiger partial charge < -0.3 is 10.7 Å². The van der Waals surface area contributed by atoms with Crippen molar-refractivity contribution in [3.05, 3.63) is 68.5 Å². The van der Waals surface area contributed by atoms with Crippen LogP contribution in [0.25, 0.3) is 10.9 Å². The third-order valence-corrected chi connectivity index (χ3v) is 4.91. The Morgan fingerprint density at radius 3 is 2.66 bits per heavy atom. The number of aryl methyl sites for hydroxylation is 1. The van der Waals surface area contributed by atoms with Crippen molar-refractivity contribution in [2.75, 3.05) is 0 Å². The topological polar surface area (TPSA) is 84.7 Å². The minimum atomic E-state index is -4.43. The standard InChI is InChI=1S/C20H20ClF3N4O/c1-11(25)12-6-4-7-15(20(22,23)24)13(12)5-2-3-8-18-27-16-10-26-17(21)9-14(16)19(29)28-18/h4,6-7,9-11H,2-3,5,8,25H2,1H3,(H,27,28,29)/t11-/m1/s1. The molecule has 3 rings (SSSR count). The quantitative estimate of drug-likeness (QED) is 0.448. The molecule has 0 spiro atoms. The first kappa shape index (κ1) is 21.3. The summed E-state index contributed by atoms with van der Waals surface area (Å²) in [6.45, 7) is 1.67. The van der Waals surface area contributed by atoms with E-state index in [-0.39, 0.29) is 22.7 Å². The van der Waals surface area contributed by atoms with Crippen LogP contribution < -0.4 is 11.3 Å². The first-order valence-corrected chi connectivity index (χ1v) is 9.53. The molecule has 0 saturated heterocycles. The molecule has 0 amide bonds. The summed E-state index contributed by atoms with van der Waals surface area (Å²) < 4.78 is 40.1. The number of hydrogen-bond acceptors (Lipinski definition) is 4. The summed E-state index contributed by atoms with van der Waals surface area (Å²) in [5.41, 5.74) is 6.06. The lowest BCUT2D eigenvalue weighted by molar-refractivity contribution is -0.138. The molecule has 0 unspecified atom stereocenters. The van der Waals surface area contributed by atoms with E-state index >= 15 is 0 Å². The molecule has 0 aliphatic rings. The predicted octanol–water partition coefficient (Wildman–Crippen LogP) is 4.58. The highest BCUT2D eigenvalue weighted by atomic mass is 35.5. The maximum atomic E-state index is 13.4. The molecule has 154 valence electrons. The molecule has 0 saturated carbocycles. The number of nitrogens with two attached hydrogens (primary N) is 1. The molecular weight excluding hydrogens is 405 g/mol. The molecular formula is C20H20ClF3N4O. The van der Waals surface area contributed by atoms with E-state index in [0.29, 0.717) is 41.6 Å². The Balaban J connectivity index is 1.73. The van der Waals surface area contributed by atoms with Crippen LogP contribution in [0.15, 0.2) is 35.3 Å². The molecule has 9 heteroatoms. The number of H-pyrrole nitrogens is 1. The molecule has 1 atom stereocenters. The predicted molar refractivity (Wildman–Crippen MR) is 106 cm³/mol. The summed E-state index contributed by atoms with van der Waals surface area (Å²) >= 11 is 5.79. The Labute approximate surface area is 170 Å². The van der Waals surface area contributed by atoms with E-state index in [1.807, 2.05) is 0 Å². The fraction of sp³-hybridized carbons (Fsp3) is 0.350. The number of halogens is 4. The summed E-state index contributed by atoms with van der Waals surface area (Å²) in [5.74, 6) is 0.461. The van der Waals surface area contributed by atoms with Crippen molar-refractivity contribution in [1.29, 1.82) is 0 Å². The third-order valence-electron chi connectivity index (χ3n) is 4.71. The van der Waals surface area contributed by atoms with Gasteiger partial charge in [-0.05, 0) is 49.4 Å². The first-order chi connectivity index (χ1) is 13.7. The molecule has 1 aromatic carbocycles. The number of pyridine rings is 1. The van der Waals surface area contributed by atoms with Crippen LogP contribution in [-0.4, -0.2) is 15.0 Å². The number of unbranched alkanes of at least 4 members (excludes halogenated alkanes) is 1. The summed E-state index contributed by atoms with van der Waals surface area (Å²) in [4.78, 5) is 23.1. The molecule has 0 bridgehead atoms. The molecule has 2 aromatic heterocycles. The maximum absolute atomic E-state index is 13.4. The van der Waals surface area contributed by atoms with E-state index < -0.39 is 17.8 Å². The van der Waals surface area contributed by atoms with Crippen LogP contribution in [0, 0.1) is 0 Å². The zero-order valence-electron chi connectivity index (χ0n) is 15.7. The molecule has 0 aliphatic carbocycles. The van der Waals surface area contributed by atoms with Crippen LogP contribution in [0.4, 0.5) is 13.2 Å². The van der Waals surface area contributed by atoms with Crippen LogP contribution >= 0.6 is 11.6 Å². The van der Waals surface area contributed by atoms with E-state index in [1.54, 1.807) is 13.0 Å². The smallest absolute Gasteiger partial charge is 0.324 e. The van der Waals surface area contributed by atoms with Crippen molar-refractivity contribution in [1.82, 2.24) is 15.0 Å². The second kappa shape index (κ2) is 8.51. The second-order valence-electron chi connectivity index (χ2n) is 6.90. The highest BCUT2D eigenvalue weighted by molar-refractivity contribution is 6.30. The monoisotopic (exact) mass is 424 g/mol. The van der Waals surface area contributed by atoms with Gasteiger partial charge in [0.25, 0.3) is 5.56 Å². The number of alkyl halides is 3. The molecule has 0 radical (unpaired) electrons. The first-order valence-electron chi connectivity index (χ1n) is 9.16. The number of rotatable bonds is 6. The van der Waals surface area contributed by atoms with E-state index in [4.69, 9.17) is 17.3 Å². The van der Waals surface area contributed by atoms with E-state index in [1.165, 1.54) is 18.3 Å². The molecule has 3 N–H and O–H groups in total. The van der Waals surface area contributed by atoms with Gasteiger partial charge in [0.05, 0.1) is 22.7 Å². The highest BCUT2D eigenvalue weighted by Gasteiger charge is 2.34. The minimum Gasteiger partial charge on any atom is -0.324 e. The Kier molecular flexibility index (Phi) is 6.24. The average Bonchev–Trinajstić information content (AvgIpc) is 2.65. The van der Waals surface area contributed by atoms with Gasteiger partial charge in [-0.15, -0.1) is 0 Å². The molecule has 3 aromatic rings. The fourth-order valence-corrected chi connectivity index (χ4v) is 3.51. The average molecular weight is 425 g/mol. The van der Waals surface area contributed by atoms with Gasteiger partial charge in [-0.1, -0.05) is 23.7 Å². The fourth-order valence-electron chi connectivity index (χ4n) is 3.35. The van der Waals surface area contributed by atoms with Crippen molar-refractivity contribution in [2.24, 2.45) is 5.73 Å². The molecule has 29 heavy (non-hydrogen) atoms. The third kappa shape index (κ3) is 4.94. The maximum Gasteiger partial charge on any atom is 0.416 e. The summed E-state index contributed by atoms with van der Waals surface area (Å²) in [7, 11) is 0. The Morgan fingerprint density at radius 1 is 1.24 bits per heavy atom. The zero-order chi connectivity index (χ0) is 21.2. The number of nitrogens with one attached hydrogen (secondary N) is 1. The number of fused-ring (bicyclic) bond motifs is 1. The van der Waals surface area contributed by atoms with Crippen molar-refractivity contribution < 1.29 is 13.2 Å². The van der Waals surface area contributed by atoms with Crippen molar-refractivity contribution in [2.45, 2.75) is 44.8 Å². The van der Waals surface area contributed by atoms with Crippen LogP contribution in [0.1, 0.15) is 48.3 Å². The Bertz CT molecular complexity index is 1080. The van der Waals surface area contributed by atoms with Crippen LogP contribution in [0.2, 0.25) is 5.15 Å². The number of aromatic nitrogens is 3. The van der Waals surface area contributed by atoms with Crippen LogP contribution in [0.5, 0.6) is 0 Å². The van der Waals surface area contributed by atoms with Crippen molar-refractivity contribution in [3.8, 4) is 0 Å². The Morgan fingerprint density at radius 2 is 1.97 bits per heavy atom. The molecule has 2 heterocycles. The summed E-state index contributed by atoms with van der Waals surface area (Å²) in [5, 5.41) is 0.542. The Hall–Kier alpha value is -2.45. The van der Waals surface area contributed by atoms with Crippen molar-refractivity contribution >= 4 is 22.5 Å². The van der Waals surface area contributed by atoms with Gasteiger partial charge >= 0.3 is 6.18 Å². The van der Waals surface area contributed by atoms with E-state index in [2.05, 4.69) is 15.0 Å². The molecule has 0 fully saturated rings. The second-order valence-corrected chi connectivity index (χ2v) is 7.29. The van der Waals surface area contributed by atoms with Gasteiger partial charge in [-0.2, -0.15) is 13.2 Å². The lowest BCUT2D eigenvalue weighted by Gasteiger charge is -2.19. The zero-order valence-corrected chi connectivity index (χ0v) is 16.4. The molecule has 0 aliphatic heterocycles. The van der Waals surface area contributed by atoms with Crippen LogP contribution in [-0.2, 0) is 19.0 Å². The number of benzene rings is 1. The van der Waals surface area contributed by atoms with Gasteiger partial charge in [0.15, 0.2) is 0 Å². The highest BCUT2D eigenvalue weighted by Crippen LogP contribution is 2.35. The largest absolute Gasteiger partial charge is 0.416 e. The van der Waals surface area contributed by atoms with Gasteiger partial charge in [0.2, 0.25) is 0 Å². The number of nitrogens with zero attached hydrogens (tertiary/aromatic N) is 2. The van der Waals surface area contributed by atoms with Crippen LogP contribution in [0.3, 0.4) is 0 Å². The van der Waals surface area contributed by atoms with Gasteiger partial charge in [0, 0.05) is 12.5 Å². The molecule has 5 nitrogen and oxygen atoms in total. The lowest BCUT2D eigenvalue weighted by Crippen LogP contribution is -2.16. The lowest BCUT2D eigenvalue weighted by atomic mass is 9.92. The number of hydrogen-bond donors (Lipinski definition) is 2. The van der Waals surface area contributed by atoms with Crippen molar-refractivity contribution in [3.63, 3.8) is 0 Å². The SMILES string of the molecule is C[C@@H](N)c1cccc(C(F)(F)F)c1CCCCc1nc2cnc(Cl)cc2c(=O)[nH]1.